The molecule has 0 N–H and O–H groups in total. The van der Waals surface area contributed by atoms with Gasteiger partial charge in [-0.15, -0.1) is 0 Å². The molecule has 3 rings (SSSR count). The number of fused-ring (bicyclic) bond motifs is 1. The number of carbonyl (C=O) groups is 2. The van der Waals surface area contributed by atoms with E-state index in [0.717, 1.165) is 18.5 Å². The Bertz CT molecular complexity index is 610. The van der Waals surface area contributed by atoms with Gasteiger partial charge in [0.05, 0.1) is 18.3 Å². The average molecular weight is 347 g/mol. The normalized spacial score (nSPS) is 25.5. The van der Waals surface area contributed by atoms with E-state index in [1.165, 1.54) is 7.11 Å². The van der Waals surface area contributed by atoms with Crippen LogP contribution in [-0.2, 0) is 25.6 Å². The molecule has 0 saturated carbocycles. The number of likely N-dealkylation sites (N-methyl/N-ethyl adjacent to an activating group) is 1. The van der Waals surface area contributed by atoms with Crippen LogP contribution in [0.5, 0.6) is 0 Å². The van der Waals surface area contributed by atoms with Crippen molar-refractivity contribution < 1.29 is 19.1 Å². The summed E-state index contributed by atoms with van der Waals surface area (Å²) in [6.45, 7) is 1.80. The van der Waals surface area contributed by atoms with Gasteiger partial charge in [0.15, 0.2) is 0 Å². The van der Waals surface area contributed by atoms with Crippen molar-refractivity contribution >= 4 is 11.8 Å². The van der Waals surface area contributed by atoms with Crippen molar-refractivity contribution in [3.63, 3.8) is 0 Å². The van der Waals surface area contributed by atoms with Crippen molar-refractivity contribution in [1.82, 2.24) is 14.8 Å². The summed E-state index contributed by atoms with van der Waals surface area (Å²) in [6.07, 6.45) is 2.82. The van der Waals surface area contributed by atoms with Gasteiger partial charge in [0.2, 0.25) is 5.91 Å². The van der Waals surface area contributed by atoms with Crippen LogP contribution < -0.4 is 0 Å². The van der Waals surface area contributed by atoms with Crippen molar-refractivity contribution in [1.29, 1.82) is 0 Å². The van der Waals surface area contributed by atoms with Gasteiger partial charge in [-0.2, -0.15) is 0 Å². The number of hydrogen-bond donors (Lipinski definition) is 0. The second-order valence-electron chi connectivity index (χ2n) is 6.74. The first-order chi connectivity index (χ1) is 12.1. The van der Waals surface area contributed by atoms with Gasteiger partial charge in [-0.05, 0) is 30.9 Å². The smallest absolute Gasteiger partial charge is 0.251 e. The van der Waals surface area contributed by atoms with E-state index in [9.17, 15) is 9.59 Å². The third kappa shape index (κ3) is 4.16. The molecule has 136 valence electrons. The predicted molar refractivity (Wildman–Crippen MR) is 90.6 cm³/mol. The van der Waals surface area contributed by atoms with E-state index in [-0.39, 0.29) is 24.5 Å². The molecular formula is C18H25N3O4. The average Bonchev–Trinajstić information content (AvgIpc) is 3.05. The minimum atomic E-state index is -0.429. The summed E-state index contributed by atoms with van der Waals surface area (Å²) in [5.74, 6) is 0.296. The molecule has 0 spiro atoms. The number of piperidine rings is 1. The summed E-state index contributed by atoms with van der Waals surface area (Å²) in [7, 11) is 3.29. The molecule has 0 aromatic carbocycles. The molecular weight excluding hydrogens is 322 g/mol. The summed E-state index contributed by atoms with van der Waals surface area (Å²) in [5.41, 5.74) is 0.852. The molecule has 0 radical (unpaired) electrons. The molecule has 2 aliphatic rings. The van der Waals surface area contributed by atoms with Crippen LogP contribution >= 0.6 is 0 Å². The molecule has 0 aliphatic carbocycles. The number of methoxy groups -OCH3 is 1. The molecule has 2 fully saturated rings. The maximum Gasteiger partial charge on any atom is 0.251 e. The number of aromatic nitrogens is 1. The zero-order valence-corrected chi connectivity index (χ0v) is 14.8. The standard InChI is InChI=1S/C18H25N3O4/c1-20(10-14-5-3-4-7-19-14)18(23)15-9-13-6-8-21(11-16(13)25-15)17(22)12-24-2/h3-5,7,13,15-16H,6,8-12H2,1-2H3/t13-,15+,16-/m0/s1. The van der Waals surface area contributed by atoms with Crippen LogP contribution in [0.1, 0.15) is 18.5 Å². The largest absolute Gasteiger partial charge is 0.375 e. The quantitative estimate of drug-likeness (QED) is 0.784. The molecule has 7 heteroatoms. The second kappa shape index (κ2) is 7.93. The SMILES string of the molecule is COCC(=O)N1CC[C@H]2C[C@H](C(=O)N(C)Cc3ccccn3)O[C@H]2C1. The second-order valence-corrected chi connectivity index (χ2v) is 6.74. The van der Waals surface area contributed by atoms with Gasteiger partial charge < -0.3 is 19.3 Å². The molecule has 7 nitrogen and oxygen atoms in total. The lowest BCUT2D eigenvalue weighted by atomic mass is 9.91. The Morgan fingerprint density at radius 2 is 2.28 bits per heavy atom. The van der Waals surface area contributed by atoms with Crippen LogP contribution in [-0.4, -0.2) is 72.7 Å². The van der Waals surface area contributed by atoms with Crippen LogP contribution in [0.4, 0.5) is 0 Å². The van der Waals surface area contributed by atoms with Gasteiger partial charge in [-0.25, -0.2) is 0 Å². The first-order valence-electron chi connectivity index (χ1n) is 8.65. The predicted octanol–water partition coefficient (Wildman–Crippen LogP) is 0.692. The summed E-state index contributed by atoms with van der Waals surface area (Å²) in [6, 6.07) is 5.66. The Kier molecular flexibility index (Phi) is 5.65. The lowest BCUT2D eigenvalue weighted by Crippen LogP contribution is -2.46. The van der Waals surface area contributed by atoms with E-state index in [4.69, 9.17) is 9.47 Å². The van der Waals surface area contributed by atoms with E-state index >= 15 is 0 Å². The Hall–Kier alpha value is -1.99. The van der Waals surface area contributed by atoms with Crippen molar-refractivity contribution in [2.45, 2.75) is 31.6 Å². The summed E-state index contributed by atoms with van der Waals surface area (Å²) < 4.78 is 10.9. The maximum atomic E-state index is 12.7. The lowest BCUT2D eigenvalue weighted by Gasteiger charge is -2.33. The van der Waals surface area contributed by atoms with Crippen LogP contribution in [0, 0.1) is 5.92 Å². The van der Waals surface area contributed by atoms with Crippen molar-refractivity contribution in [3.8, 4) is 0 Å². The number of pyridine rings is 1. The zero-order chi connectivity index (χ0) is 17.8. The Morgan fingerprint density at radius 1 is 1.44 bits per heavy atom. The van der Waals surface area contributed by atoms with E-state index in [0.29, 0.717) is 25.6 Å². The highest BCUT2D eigenvalue weighted by Gasteiger charge is 2.43. The van der Waals surface area contributed by atoms with Gasteiger partial charge in [-0.3, -0.25) is 14.6 Å². The summed E-state index contributed by atoms with van der Waals surface area (Å²) in [4.78, 5) is 32.4. The van der Waals surface area contributed by atoms with Gasteiger partial charge >= 0.3 is 0 Å². The molecule has 0 unspecified atom stereocenters. The monoisotopic (exact) mass is 347 g/mol. The first-order valence-corrected chi connectivity index (χ1v) is 8.65. The van der Waals surface area contributed by atoms with Crippen LogP contribution in [0.2, 0.25) is 0 Å². The molecule has 3 atom stereocenters. The van der Waals surface area contributed by atoms with Crippen molar-refractivity contribution in [3.05, 3.63) is 30.1 Å². The first kappa shape index (κ1) is 17.8. The number of likely N-dealkylation sites (tertiary alicyclic amines) is 1. The fourth-order valence-electron chi connectivity index (χ4n) is 3.59. The fourth-order valence-corrected chi connectivity index (χ4v) is 3.59. The summed E-state index contributed by atoms with van der Waals surface area (Å²) in [5, 5.41) is 0. The van der Waals surface area contributed by atoms with Gasteiger partial charge in [0.25, 0.3) is 5.91 Å². The Labute approximate surface area is 147 Å². The zero-order valence-electron chi connectivity index (χ0n) is 14.8. The molecule has 2 saturated heterocycles. The van der Waals surface area contributed by atoms with Crippen LogP contribution in [0.3, 0.4) is 0 Å². The molecule has 0 bridgehead atoms. The number of amides is 2. The Morgan fingerprint density at radius 3 is 3.00 bits per heavy atom. The van der Waals surface area contributed by atoms with Gasteiger partial charge in [0, 0.05) is 33.4 Å². The summed E-state index contributed by atoms with van der Waals surface area (Å²) >= 11 is 0. The van der Waals surface area contributed by atoms with Gasteiger partial charge in [0.1, 0.15) is 12.7 Å². The van der Waals surface area contributed by atoms with Crippen molar-refractivity contribution in [2.75, 3.05) is 33.9 Å². The Balaban J connectivity index is 1.55. The topological polar surface area (TPSA) is 72.0 Å². The van der Waals surface area contributed by atoms with E-state index in [1.54, 1.807) is 23.0 Å². The van der Waals surface area contributed by atoms with Crippen LogP contribution in [0.25, 0.3) is 0 Å². The number of rotatable bonds is 5. The molecule has 1 aromatic rings. The minimum absolute atomic E-state index is 0.0187. The van der Waals surface area contributed by atoms with Crippen molar-refractivity contribution in [2.24, 2.45) is 5.92 Å². The van der Waals surface area contributed by atoms with E-state index in [2.05, 4.69) is 4.98 Å². The lowest BCUT2D eigenvalue weighted by molar-refractivity contribution is -0.145. The van der Waals surface area contributed by atoms with E-state index in [1.807, 2.05) is 18.2 Å². The highest BCUT2D eigenvalue weighted by molar-refractivity contribution is 5.81. The highest BCUT2D eigenvalue weighted by Crippen LogP contribution is 2.34. The maximum absolute atomic E-state index is 12.7. The number of ether oxygens (including phenoxy) is 2. The highest BCUT2D eigenvalue weighted by atomic mass is 16.5. The molecule has 2 aliphatic heterocycles. The molecule has 1 aromatic heterocycles. The minimum Gasteiger partial charge on any atom is -0.375 e. The number of carbonyl (C=O) groups excluding carboxylic acids is 2. The molecule has 3 heterocycles. The third-order valence-electron chi connectivity index (χ3n) is 4.95. The van der Waals surface area contributed by atoms with Gasteiger partial charge in [-0.1, -0.05) is 6.07 Å². The molecule has 25 heavy (non-hydrogen) atoms. The van der Waals surface area contributed by atoms with E-state index < -0.39 is 6.10 Å². The number of nitrogens with zero attached hydrogens (tertiary/aromatic N) is 3. The molecule has 2 amide bonds. The van der Waals surface area contributed by atoms with Crippen LogP contribution in [0.15, 0.2) is 24.4 Å². The third-order valence-corrected chi connectivity index (χ3v) is 4.95. The fraction of sp³-hybridized carbons (Fsp3) is 0.611. The number of hydrogen-bond acceptors (Lipinski definition) is 5.